The minimum absolute atomic E-state index is 0.0932. The highest BCUT2D eigenvalue weighted by atomic mass is 16.5. The van der Waals surface area contributed by atoms with Gasteiger partial charge in [0.15, 0.2) is 0 Å². The van der Waals surface area contributed by atoms with E-state index in [1.54, 1.807) is 13.8 Å². The molecule has 7 nitrogen and oxygen atoms in total. The van der Waals surface area contributed by atoms with Gasteiger partial charge in [-0.2, -0.15) is 0 Å². The molecule has 0 amide bonds. The highest BCUT2D eigenvalue weighted by Crippen LogP contribution is 2.45. The predicted octanol–water partition coefficient (Wildman–Crippen LogP) is 10.4. The van der Waals surface area contributed by atoms with Gasteiger partial charge in [0.2, 0.25) is 0 Å². The first kappa shape index (κ1) is 44.8. The van der Waals surface area contributed by atoms with Gasteiger partial charge >= 0.3 is 11.9 Å². The van der Waals surface area contributed by atoms with E-state index >= 15 is 0 Å². The molecule has 0 atom stereocenters. The van der Waals surface area contributed by atoms with Gasteiger partial charge in [-0.1, -0.05) is 96.4 Å². The Bertz CT molecular complexity index is 1180. The lowest BCUT2D eigenvalue weighted by atomic mass is 9.67. The van der Waals surface area contributed by atoms with E-state index in [4.69, 9.17) is 14.2 Å². The molecule has 0 radical (unpaired) electrons. The van der Waals surface area contributed by atoms with Crippen molar-refractivity contribution in [1.29, 1.82) is 0 Å². The van der Waals surface area contributed by atoms with E-state index in [9.17, 15) is 19.8 Å². The van der Waals surface area contributed by atoms with Gasteiger partial charge in [0.1, 0.15) is 5.75 Å². The smallest absolute Gasteiger partial charge is 0.333 e. The van der Waals surface area contributed by atoms with E-state index < -0.39 is 0 Å². The fourth-order valence-corrected chi connectivity index (χ4v) is 8.51. The third-order valence-electron chi connectivity index (χ3n) is 11.9. The van der Waals surface area contributed by atoms with E-state index in [-0.39, 0.29) is 31.1 Å². The van der Waals surface area contributed by atoms with Gasteiger partial charge in [0, 0.05) is 30.3 Å². The number of unbranched alkanes of at least 4 members (excludes halogenated alkanes) is 6. The SMILES string of the molecule is C=C(C)C(=O)OCCCc1cc(C2CCC(C3CCC(CCCCCCCCC)CC3)CC2)cc(CCCOC(=O)C(=C)C)c1OCCC(CO)CO. The topological polar surface area (TPSA) is 102 Å². The lowest BCUT2D eigenvalue weighted by Gasteiger charge is -2.38. The first-order valence-electron chi connectivity index (χ1n) is 21.3. The minimum Gasteiger partial charge on any atom is -0.493 e. The molecule has 1 aromatic rings. The Morgan fingerprint density at radius 1 is 0.698 bits per heavy atom. The maximum atomic E-state index is 12.1. The number of carbonyl (C=O) groups excluding carboxylic acids is 2. The first-order valence-corrected chi connectivity index (χ1v) is 21.3. The van der Waals surface area contributed by atoms with Gasteiger partial charge in [-0.25, -0.2) is 9.59 Å². The summed E-state index contributed by atoms with van der Waals surface area (Å²) in [5.41, 5.74) is 4.31. The van der Waals surface area contributed by atoms with Crippen LogP contribution in [0.25, 0.3) is 0 Å². The summed E-state index contributed by atoms with van der Waals surface area (Å²) in [7, 11) is 0. The summed E-state index contributed by atoms with van der Waals surface area (Å²) in [5.74, 6) is 2.99. The van der Waals surface area contributed by atoms with Gasteiger partial charge in [-0.05, 0) is 125 Å². The van der Waals surface area contributed by atoms with Crippen molar-refractivity contribution in [3.63, 3.8) is 0 Å². The Morgan fingerprint density at radius 3 is 1.68 bits per heavy atom. The van der Waals surface area contributed by atoms with Crippen LogP contribution < -0.4 is 4.74 Å². The van der Waals surface area contributed by atoms with Crippen molar-refractivity contribution < 1.29 is 34.0 Å². The Labute approximate surface area is 322 Å². The number of hydrogen-bond acceptors (Lipinski definition) is 7. The summed E-state index contributed by atoms with van der Waals surface area (Å²) < 4.78 is 17.3. The van der Waals surface area contributed by atoms with Crippen LogP contribution in [0.2, 0.25) is 0 Å². The lowest BCUT2D eigenvalue weighted by Crippen LogP contribution is -2.25. The van der Waals surface area contributed by atoms with Crippen molar-refractivity contribution in [2.45, 2.75) is 162 Å². The second-order valence-electron chi connectivity index (χ2n) is 16.4. The van der Waals surface area contributed by atoms with Crippen LogP contribution in [0.5, 0.6) is 5.75 Å². The number of benzene rings is 1. The number of hydrogen-bond donors (Lipinski definition) is 2. The predicted molar refractivity (Wildman–Crippen MR) is 215 cm³/mol. The Hall–Kier alpha value is -2.64. The van der Waals surface area contributed by atoms with Crippen LogP contribution in [-0.4, -0.2) is 55.2 Å². The Balaban J connectivity index is 1.67. The van der Waals surface area contributed by atoms with Crippen molar-refractivity contribution in [3.05, 3.63) is 53.1 Å². The second kappa shape index (κ2) is 25.4. The van der Waals surface area contributed by atoms with E-state index in [2.05, 4.69) is 32.2 Å². The molecule has 0 aliphatic heterocycles. The third kappa shape index (κ3) is 16.3. The summed E-state index contributed by atoms with van der Waals surface area (Å²) >= 11 is 0. The molecule has 2 aliphatic rings. The minimum atomic E-state index is -0.377. The van der Waals surface area contributed by atoms with Crippen LogP contribution in [-0.2, 0) is 31.9 Å². The van der Waals surface area contributed by atoms with E-state index in [0.29, 0.717) is 69.0 Å². The molecule has 300 valence electrons. The van der Waals surface area contributed by atoms with Gasteiger partial charge < -0.3 is 24.4 Å². The number of esters is 2. The largest absolute Gasteiger partial charge is 0.493 e. The molecule has 0 heterocycles. The van der Waals surface area contributed by atoms with Crippen molar-refractivity contribution in [2.75, 3.05) is 33.0 Å². The molecule has 0 spiro atoms. The average Bonchev–Trinajstić information content (AvgIpc) is 3.16. The molecule has 2 N–H and O–H groups in total. The first-order chi connectivity index (χ1) is 25.7. The normalized spacial score (nSPS) is 20.3. The molecule has 2 saturated carbocycles. The number of ether oxygens (including phenoxy) is 3. The number of aliphatic hydroxyl groups excluding tert-OH is 2. The van der Waals surface area contributed by atoms with Crippen LogP contribution in [0.4, 0.5) is 0 Å². The third-order valence-corrected chi connectivity index (χ3v) is 11.9. The van der Waals surface area contributed by atoms with Crippen molar-refractivity contribution in [3.8, 4) is 5.75 Å². The number of aryl methyl sites for hydroxylation is 2. The molecule has 0 saturated heterocycles. The second-order valence-corrected chi connectivity index (χ2v) is 16.4. The summed E-state index contributed by atoms with van der Waals surface area (Å²) in [6.45, 7) is 13.8. The molecule has 3 rings (SSSR count). The van der Waals surface area contributed by atoms with Crippen LogP contribution in [0, 0.1) is 23.7 Å². The van der Waals surface area contributed by atoms with E-state index in [0.717, 1.165) is 34.6 Å². The molecule has 2 fully saturated rings. The molecule has 53 heavy (non-hydrogen) atoms. The summed E-state index contributed by atoms with van der Waals surface area (Å²) in [6, 6.07) is 4.63. The van der Waals surface area contributed by atoms with Crippen LogP contribution in [0.1, 0.15) is 165 Å². The molecular formula is C46H74O7. The number of carbonyl (C=O) groups is 2. The zero-order valence-corrected chi connectivity index (χ0v) is 33.8. The molecule has 0 unspecified atom stereocenters. The van der Waals surface area contributed by atoms with Crippen LogP contribution in [0.3, 0.4) is 0 Å². The molecule has 1 aromatic carbocycles. The van der Waals surface area contributed by atoms with Crippen molar-refractivity contribution >= 4 is 11.9 Å². The number of aliphatic hydroxyl groups is 2. The van der Waals surface area contributed by atoms with E-state index in [1.165, 1.54) is 108 Å². The molecule has 7 heteroatoms. The van der Waals surface area contributed by atoms with Crippen LogP contribution in [0.15, 0.2) is 36.4 Å². The Morgan fingerprint density at radius 2 is 1.19 bits per heavy atom. The maximum absolute atomic E-state index is 12.1. The van der Waals surface area contributed by atoms with Gasteiger partial charge in [0.05, 0.1) is 19.8 Å². The standard InChI is InChI=1S/C46H74O7/c1-6-7-8-9-10-11-12-15-36-18-20-38(21-19-36)39-22-24-40(25-23-39)43-30-41(16-13-27-52-45(49)34(2)3)44(51-29-26-37(32-47)33-48)42(31-43)17-14-28-53-46(50)35(4)5/h30-31,36-40,47-48H,2,4,6-29,32-33H2,1,3,5H3. The summed E-state index contributed by atoms with van der Waals surface area (Å²) in [5, 5.41) is 19.3. The molecular weight excluding hydrogens is 664 g/mol. The zero-order valence-electron chi connectivity index (χ0n) is 33.8. The molecule has 0 aromatic heterocycles. The molecule has 0 bridgehead atoms. The summed E-state index contributed by atoms with van der Waals surface area (Å²) in [6.07, 6.45) is 25.1. The van der Waals surface area contributed by atoms with Gasteiger partial charge in [-0.15, -0.1) is 0 Å². The highest BCUT2D eigenvalue weighted by Gasteiger charge is 2.32. The fraction of sp³-hybridized carbons (Fsp3) is 0.739. The summed E-state index contributed by atoms with van der Waals surface area (Å²) in [4.78, 5) is 24.1. The molecule has 2 aliphatic carbocycles. The highest BCUT2D eigenvalue weighted by molar-refractivity contribution is 5.87. The van der Waals surface area contributed by atoms with Crippen molar-refractivity contribution in [1.82, 2.24) is 0 Å². The monoisotopic (exact) mass is 739 g/mol. The quantitative estimate of drug-likeness (QED) is 0.0554. The Kier molecular flexibility index (Phi) is 21.5. The van der Waals surface area contributed by atoms with Crippen molar-refractivity contribution in [2.24, 2.45) is 23.7 Å². The van der Waals surface area contributed by atoms with Gasteiger partial charge in [-0.3, -0.25) is 0 Å². The van der Waals surface area contributed by atoms with E-state index in [1.807, 2.05) is 0 Å². The number of rotatable bonds is 26. The average molecular weight is 739 g/mol. The zero-order chi connectivity index (χ0) is 38.4. The fourth-order valence-electron chi connectivity index (χ4n) is 8.51. The van der Waals surface area contributed by atoms with Gasteiger partial charge in [0.25, 0.3) is 0 Å². The van der Waals surface area contributed by atoms with Crippen LogP contribution >= 0.6 is 0 Å². The lowest BCUT2D eigenvalue weighted by molar-refractivity contribution is -0.139. The maximum Gasteiger partial charge on any atom is 0.333 e.